The molecular formula is C15H20F3NO. The Bertz CT molecular complexity index is 486. The number of methoxy groups -OCH3 is 1. The first kappa shape index (κ1) is 15.2. The molecule has 1 aliphatic rings. The maximum Gasteiger partial charge on any atom is 0.391 e. The third-order valence-electron chi connectivity index (χ3n) is 4.22. The van der Waals surface area contributed by atoms with Gasteiger partial charge in [-0.3, -0.25) is 0 Å². The molecule has 0 aliphatic heterocycles. The fourth-order valence-corrected chi connectivity index (χ4v) is 3.15. The van der Waals surface area contributed by atoms with Gasteiger partial charge >= 0.3 is 6.18 Å². The minimum atomic E-state index is -4.16. The van der Waals surface area contributed by atoms with Crippen molar-refractivity contribution in [1.82, 2.24) is 0 Å². The maximum atomic E-state index is 12.9. The van der Waals surface area contributed by atoms with E-state index in [0.717, 1.165) is 11.1 Å². The second kappa shape index (κ2) is 5.28. The monoisotopic (exact) mass is 287 g/mol. The van der Waals surface area contributed by atoms with Crippen LogP contribution in [0.5, 0.6) is 5.75 Å². The maximum absolute atomic E-state index is 12.9. The number of ether oxygens (including phenoxy) is 1. The molecule has 2 atom stereocenters. The summed E-state index contributed by atoms with van der Waals surface area (Å²) in [5.41, 5.74) is 7.11. The predicted molar refractivity (Wildman–Crippen MR) is 71.6 cm³/mol. The van der Waals surface area contributed by atoms with E-state index in [2.05, 4.69) is 0 Å². The zero-order valence-electron chi connectivity index (χ0n) is 11.8. The second-order valence-corrected chi connectivity index (χ2v) is 5.67. The lowest BCUT2D eigenvalue weighted by Gasteiger charge is -2.40. The van der Waals surface area contributed by atoms with Crippen LogP contribution < -0.4 is 10.5 Å². The van der Waals surface area contributed by atoms with Crippen molar-refractivity contribution in [2.75, 3.05) is 7.11 Å². The molecule has 0 bridgehead atoms. The number of hydrogen-bond acceptors (Lipinski definition) is 2. The number of hydrogen-bond donors (Lipinski definition) is 1. The van der Waals surface area contributed by atoms with Crippen molar-refractivity contribution >= 4 is 0 Å². The molecule has 1 fully saturated rings. The molecule has 20 heavy (non-hydrogen) atoms. The molecule has 0 spiro atoms. The normalized spacial score (nSPS) is 27.4. The Hall–Kier alpha value is -1.23. The van der Waals surface area contributed by atoms with Crippen LogP contribution >= 0.6 is 0 Å². The molecule has 2 rings (SSSR count). The molecule has 112 valence electrons. The molecule has 2 N–H and O–H groups in total. The summed E-state index contributed by atoms with van der Waals surface area (Å²) in [6.45, 7) is 1.86. The highest BCUT2D eigenvalue weighted by Gasteiger charge is 2.47. The fourth-order valence-electron chi connectivity index (χ4n) is 3.15. The molecule has 0 saturated heterocycles. The lowest BCUT2D eigenvalue weighted by Crippen LogP contribution is -2.45. The molecule has 2 unspecified atom stereocenters. The lowest BCUT2D eigenvalue weighted by molar-refractivity contribution is -0.187. The highest BCUT2D eigenvalue weighted by Crippen LogP contribution is 2.45. The zero-order chi connectivity index (χ0) is 15.0. The average molecular weight is 287 g/mol. The van der Waals surface area contributed by atoms with E-state index in [1.807, 2.05) is 13.0 Å². The fraction of sp³-hybridized carbons (Fsp3) is 0.600. The van der Waals surface area contributed by atoms with Crippen LogP contribution in [0.2, 0.25) is 0 Å². The first-order valence-electron chi connectivity index (χ1n) is 6.77. The number of nitrogens with two attached hydrogens (primary N) is 1. The average Bonchev–Trinajstić information content (AvgIpc) is 2.37. The van der Waals surface area contributed by atoms with E-state index in [1.54, 1.807) is 19.2 Å². The van der Waals surface area contributed by atoms with Crippen molar-refractivity contribution in [1.29, 1.82) is 0 Å². The van der Waals surface area contributed by atoms with Crippen LogP contribution in [0.4, 0.5) is 13.2 Å². The summed E-state index contributed by atoms with van der Waals surface area (Å²) in [6.07, 6.45) is -2.92. The van der Waals surface area contributed by atoms with E-state index in [0.29, 0.717) is 18.6 Å². The van der Waals surface area contributed by atoms with Crippen LogP contribution in [0.25, 0.3) is 0 Å². The van der Waals surface area contributed by atoms with Crippen LogP contribution in [-0.2, 0) is 5.54 Å². The Kier molecular flexibility index (Phi) is 4.00. The zero-order valence-corrected chi connectivity index (χ0v) is 11.8. The molecule has 0 radical (unpaired) electrons. The number of aryl methyl sites for hydroxylation is 1. The number of benzene rings is 1. The smallest absolute Gasteiger partial charge is 0.391 e. The van der Waals surface area contributed by atoms with Crippen molar-refractivity contribution in [3.8, 4) is 5.75 Å². The van der Waals surface area contributed by atoms with E-state index in [-0.39, 0.29) is 12.8 Å². The molecule has 0 aromatic heterocycles. The van der Waals surface area contributed by atoms with Gasteiger partial charge in [0, 0.05) is 5.54 Å². The van der Waals surface area contributed by atoms with E-state index in [1.165, 1.54) is 0 Å². The van der Waals surface area contributed by atoms with Crippen LogP contribution in [-0.4, -0.2) is 13.3 Å². The highest BCUT2D eigenvalue weighted by atomic mass is 19.4. The van der Waals surface area contributed by atoms with Gasteiger partial charge < -0.3 is 10.5 Å². The van der Waals surface area contributed by atoms with E-state index in [4.69, 9.17) is 10.5 Å². The van der Waals surface area contributed by atoms with Crippen LogP contribution in [0.3, 0.4) is 0 Å². The van der Waals surface area contributed by atoms with E-state index < -0.39 is 17.6 Å². The second-order valence-electron chi connectivity index (χ2n) is 5.67. The summed E-state index contributed by atoms with van der Waals surface area (Å²) < 4.78 is 44.0. The lowest BCUT2D eigenvalue weighted by atomic mass is 9.71. The Morgan fingerprint density at radius 1 is 1.35 bits per heavy atom. The molecule has 1 aromatic rings. The van der Waals surface area contributed by atoms with Gasteiger partial charge in [0.25, 0.3) is 0 Å². The van der Waals surface area contributed by atoms with Gasteiger partial charge in [-0.2, -0.15) is 13.2 Å². The van der Waals surface area contributed by atoms with Gasteiger partial charge in [-0.15, -0.1) is 0 Å². The molecule has 5 heteroatoms. The number of alkyl halides is 3. The predicted octanol–water partition coefficient (Wildman–Crippen LogP) is 3.91. The minimum Gasteiger partial charge on any atom is -0.497 e. The van der Waals surface area contributed by atoms with Gasteiger partial charge in [0.05, 0.1) is 13.0 Å². The number of rotatable bonds is 2. The van der Waals surface area contributed by atoms with E-state index in [9.17, 15) is 13.2 Å². The summed E-state index contributed by atoms with van der Waals surface area (Å²) in [6, 6.07) is 5.38. The van der Waals surface area contributed by atoms with Gasteiger partial charge in [0.1, 0.15) is 5.75 Å². The molecule has 1 saturated carbocycles. The SMILES string of the molecule is COc1ccc(C2(N)CCCC(C(F)(F)F)C2)c(C)c1. The Balaban J connectivity index is 2.30. The Morgan fingerprint density at radius 3 is 2.60 bits per heavy atom. The van der Waals surface area contributed by atoms with Crippen molar-refractivity contribution in [2.24, 2.45) is 11.7 Å². The van der Waals surface area contributed by atoms with Crippen molar-refractivity contribution in [3.05, 3.63) is 29.3 Å². The summed E-state index contributed by atoms with van der Waals surface area (Å²) in [5, 5.41) is 0. The van der Waals surface area contributed by atoms with Crippen molar-refractivity contribution < 1.29 is 17.9 Å². The largest absolute Gasteiger partial charge is 0.497 e. The van der Waals surface area contributed by atoms with Gasteiger partial charge in [-0.05, 0) is 49.4 Å². The first-order valence-corrected chi connectivity index (χ1v) is 6.77. The van der Waals surface area contributed by atoms with Gasteiger partial charge in [-0.1, -0.05) is 12.5 Å². The first-order chi connectivity index (χ1) is 9.26. The number of halogens is 3. The topological polar surface area (TPSA) is 35.2 Å². The molecular weight excluding hydrogens is 267 g/mol. The van der Waals surface area contributed by atoms with Gasteiger partial charge in [0.15, 0.2) is 0 Å². The minimum absolute atomic E-state index is 0.0380. The Labute approximate surface area is 117 Å². The summed E-state index contributed by atoms with van der Waals surface area (Å²) >= 11 is 0. The van der Waals surface area contributed by atoms with Crippen molar-refractivity contribution in [3.63, 3.8) is 0 Å². The quantitative estimate of drug-likeness (QED) is 0.895. The molecule has 2 nitrogen and oxygen atoms in total. The third-order valence-corrected chi connectivity index (χ3v) is 4.22. The van der Waals surface area contributed by atoms with Crippen LogP contribution in [0, 0.1) is 12.8 Å². The van der Waals surface area contributed by atoms with E-state index >= 15 is 0 Å². The van der Waals surface area contributed by atoms with Gasteiger partial charge in [-0.25, -0.2) is 0 Å². The van der Waals surface area contributed by atoms with Crippen molar-refractivity contribution in [2.45, 2.75) is 44.3 Å². The van der Waals surface area contributed by atoms with Crippen LogP contribution in [0.15, 0.2) is 18.2 Å². The molecule has 0 heterocycles. The standard InChI is InChI=1S/C15H20F3NO/c1-10-8-12(20-2)5-6-13(10)14(19)7-3-4-11(9-14)15(16,17)18/h5-6,8,11H,3-4,7,9,19H2,1-2H3. The summed E-state index contributed by atoms with van der Waals surface area (Å²) in [5.74, 6) is -0.610. The summed E-state index contributed by atoms with van der Waals surface area (Å²) in [4.78, 5) is 0. The highest BCUT2D eigenvalue weighted by molar-refractivity contribution is 5.39. The molecule has 1 aromatic carbocycles. The summed E-state index contributed by atoms with van der Waals surface area (Å²) in [7, 11) is 1.56. The molecule has 0 amide bonds. The Morgan fingerprint density at radius 2 is 2.05 bits per heavy atom. The third kappa shape index (κ3) is 2.92. The molecule has 1 aliphatic carbocycles. The van der Waals surface area contributed by atoms with Crippen LogP contribution in [0.1, 0.15) is 36.8 Å². The van der Waals surface area contributed by atoms with Gasteiger partial charge in [0.2, 0.25) is 0 Å².